The van der Waals surface area contributed by atoms with Gasteiger partial charge in [-0.1, -0.05) is 6.92 Å². The fourth-order valence-electron chi connectivity index (χ4n) is 0.577. The lowest BCUT2D eigenvalue weighted by molar-refractivity contribution is 0.412. The Morgan fingerprint density at radius 1 is 1.73 bits per heavy atom. The molecule has 0 rings (SSSR count). The lowest BCUT2D eigenvalue weighted by atomic mass is 10.5. The third kappa shape index (κ3) is 4.28. The summed E-state index contributed by atoms with van der Waals surface area (Å²) < 4.78 is 22.1. The molecule has 0 aliphatic carbocycles. The normalized spacial score (nSPS) is 16.8. The van der Waals surface area contributed by atoms with Gasteiger partial charge in [0.15, 0.2) is 0 Å². The standard InChI is InChI=1S/C5H11Cl2NO2S/c1-2-3-8(7)5(4-6)11(9)10/h5H,2-4H2,1H3,(H,9,10)/p-1. The Bertz CT molecular complexity index is 136. The number of hydrogen-bond donors (Lipinski definition) is 0. The highest BCUT2D eigenvalue weighted by atomic mass is 35.5. The lowest BCUT2D eigenvalue weighted by Gasteiger charge is -2.24. The van der Waals surface area contributed by atoms with Crippen LogP contribution in [0.1, 0.15) is 13.3 Å². The quantitative estimate of drug-likeness (QED) is 0.397. The molecule has 0 aromatic rings. The summed E-state index contributed by atoms with van der Waals surface area (Å²) in [6.07, 6.45) is 0.800. The first-order valence-electron chi connectivity index (χ1n) is 3.20. The fraction of sp³-hybridized carbons (Fsp3) is 1.00. The summed E-state index contributed by atoms with van der Waals surface area (Å²) in [4.78, 5) is 0. The summed E-state index contributed by atoms with van der Waals surface area (Å²) in [5.74, 6) is -0.000386. The molecule has 0 radical (unpaired) electrons. The first kappa shape index (κ1) is 11.6. The van der Waals surface area contributed by atoms with Crippen molar-refractivity contribution in [3.8, 4) is 0 Å². The summed E-state index contributed by atoms with van der Waals surface area (Å²) in [6, 6.07) is 0. The summed E-state index contributed by atoms with van der Waals surface area (Å²) in [5, 5.41) is -0.779. The van der Waals surface area contributed by atoms with Crippen LogP contribution < -0.4 is 0 Å². The Morgan fingerprint density at radius 2 is 2.27 bits per heavy atom. The molecular formula is C5H10Cl2NO2S-. The summed E-state index contributed by atoms with van der Waals surface area (Å²) in [7, 11) is 0. The van der Waals surface area contributed by atoms with Gasteiger partial charge in [-0.15, -0.1) is 11.6 Å². The Labute approximate surface area is 79.1 Å². The van der Waals surface area contributed by atoms with Gasteiger partial charge in [-0.2, -0.15) is 0 Å². The van der Waals surface area contributed by atoms with E-state index in [1.54, 1.807) is 0 Å². The zero-order valence-corrected chi connectivity index (χ0v) is 8.45. The minimum Gasteiger partial charge on any atom is -0.771 e. The summed E-state index contributed by atoms with van der Waals surface area (Å²) in [6.45, 7) is 2.43. The smallest absolute Gasteiger partial charge is 0.101 e. The first-order valence-corrected chi connectivity index (χ1v) is 5.21. The Hall–Kier alpha value is 0.650. The van der Waals surface area contributed by atoms with E-state index in [1.165, 1.54) is 4.42 Å². The van der Waals surface area contributed by atoms with Crippen LogP contribution in [0.2, 0.25) is 0 Å². The molecule has 0 bridgehead atoms. The number of rotatable bonds is 5. The van der Waals surface area contributed by atoms with Crippen LogP contribution in [0.4, 0.5) is 0 Å². The van der Waals surface area contributed by atoms with E-state index < -0.39 is 16.5 Å². The van der Waals surface area contributed by atoms with Crippen LogP contribution in [-0.2, 0) is 11.1 Å². The van der Waals surface area contributed by atoms with Gasteiger partial charge in [-0.25, -0.2) is 4.42 Å². The van der Waals surface area contributed by atoms with Crippen molar-refractivity contribution in [3.63, 3.8) is 0 Å². The average molecular weight is 219 g/mol. The van der Waals surface area contributed by atoms with Gasteiger partial charge in [0.1, 0.15) is 5.37 Å². The number of halogens is 2. The minimum atomic E-state index is -2.22. The van der Waals surface area contributed by atoms with Gasteiger partial charge >= 0.3 is 0 Å². The zero-order valence-electron chi connectivity index (χ0n) is 6.13. The van der Waals surface area contributed by atoms with Gasteiger partial charge in [0.25, 0.3) is 0 Å². The summed E-state index contributed by atoms with van der Waals surface area (Å²) >= 11 is 8.75. The largest absolute Gasteiger partial charge is 0.771 e. The van der Waals surface area contributed by atoms with E-state index in [1.807, 2.05) is 6.92 Å². The zero-order chi connectivity index (χ0) is 8.85. The Morgan fingerprint density at radius 3 is 2.55 bits per heavy atom. The molecule has 2 atom stereocenters. The monoisotopic (exact) mass is 218 g/mol. The maximum absolute atomic E-state index is 10.4. The molecule has 68 valence electrons. The molecule has 3 nitrogen and oxygen atoms in total. The molecule has 11 heavy (non-hydrogen) atoms. The molecule has 0 aliphatic heterocycles. The average Bonchev–Trinajstić information content (AvgIpc) is 1.88. The highest BCUT2D eigenvalue weighted by molar-refractivity contribution is 7.79. The molecule has 0 fully saturated rings. The molecule has 0 amide bonds. The maximum Gasteiger partial charge on any atom is 0.101 e. The topological polar surface area (TPSA) is 43.4 Å². The van der Waals surface area contributed by atoms with Gasteiger partial charge in [0.05, 0.1) is 0 Å². The number of hydrogen-bond acceptors (Lipinski definition) is 3. The molecular weight excluding hydrogens is 209 g/mol. The third-order valence-corrected chi connectivity index (χ3v) is 2.96. The Kier molecular flexibility index (Phi) is 6.56. The van der Waals surface area contributed by atoms with Crippen molar-refractivity contribution in [1.82, 2.24) is 4.42 Å². The van der Waals surface area contributed by atoms with Crippen molar-refractivity contribution in [2.45, 2.75) is 18.7 Å². The van der Waals surface area contributed by atoms with E-state index in [-0.39, 0.29) is 5.88 Å². The van der Waals surface area contributed by atoms with Crippen molar-refractivity contribution in [3.05, 3.63) is 0 Å². The molecule has 6 heteroatoms. The van der Waals surface area contributed by atoms with E-state index in [0.717, 1.165) is 6.42 Å². The van der Waals surface area contributed by atoms with Gasteiger partial charge in [-0.3, -0.25) is 4.21 Å². The second kappa shape index (κ2) is 6.20. The van der Waals surface area contributed by atoms with Crippen molar-refractivity contribution >= 4 is 34.5 Å². The minimum absolute atomic E-state index is 0.000386. The van der Waals surface area contributed by atoms with Crippen LogP contribution in [0, 0.1) is 0 Å². The van der Waals surface area contributed by atoms with Gasteiger partial charge in [0, 0.05) is 12.4 Å². The molecule has 2 unspecified atom stereocenters. The van der Waals surface area contributed by atoms with Crippen LogP contribution in [0.3, 0.4) is 0 Å². The second-order valence-electron chi connectivity index (χ2n) is 1.99. The van der Waals surface area contributed by atoms with E-state index in [2.05, 4.69) is 0 Å². The third-order valence-electron chi connectivity index (χ3n) is 1.10. The molecule has 0 heterocycles. The molecule has 0 N–H and O–H groups in total. The predicted molar refractivity (Wildman–Crippen MR) is 46.3 cm³/mol. The van der Waals surface area contributed by atoms with Crippen molar-refractivity contribution in [1.29, 1.82) is 0 Å². The van der Waals surface area contributed by atoms with E-state index in [9.17, 15) is 8.76 Å². The van der Waals surface area contributed by atoms with Crippen molar-refractivity contribution in [2.24, 2.45) is 0 Å². The molecule has 0 saturated carbocycles. The molecule has 0 aliphatic rings. The highest BCUT2D eigenvalue weighted by Gasteiger charge is 2.14. The van der Waals surface area contributed by atoms with Crippen LogP contribution in [0.25, 0.3) is 0 Å². The van der Waals surface area contributed by atoms with Gasteiger partial charge in [-0.05, 0) is 29.3 Å². The first-order chi connectivity index (χ1) is 5.13. The SMILES string of the molecule is CCCN(Cl)C(CCl)S(=O)[O-]. The maximum atomic E-state index is 10.4. The highest BCUT2D eigenvalue weighted by Crippen LogP contribution is 2.08. The predicted octanol–water partition coefficient (Wildman–Crippen LogP) is 1.30. The second-order valence-corrected chi connectivity index (χ2v) is 3.80. The number of alkyl halides is 1. The van der Waals surface area contributed by atoms with Gasteiger partial charge < -0.3 is 4.55 Å². The number of nitrogens with zero attached hydrogens (tertiary/aromatic N) is 1. The molecule has 0 saturated heterocycles. The van der Waals surface area contributed by atoms with Gasteiger partial charge in [0.2, 0.25) is 0 Å². The lowest BCUT2D eigenvalue weighted by Crippen LogP contribution is -2.33. The van der Waals surface area contributed by atoms with Crippen molar-refractivity contribution < 1.29 is 8.76 Å². The van der Waals surface area contributed by atoms with Crippen molar-refractivity contribution in [2.75, 3.05) is 12.4 Å². The van der Waals surface area contributed by atoms with E-state index >= 15 is 0 Å². The summed E-state index contributed by atoms with van der Waals surface area (Å²) in [5.41, 5.74) is 0. The molecule has 0 spiro atoms. The van der Waals surface area contributed by atoms with Crippen LogP contribution in [0.15, 0.2) is 0 Å². The van der Waals surface area contributed by atoms with Crippen LogP contribution in [-0.4, -0.2) is 31.0 Å². The molecule has 0 aromatic carbocycles. The Balaban J connectivity index is 3.91. The van der Waals surface area contributed by atoms with E-state index in [0.29, 0.717) is 6.54 Å². The van der Waals surface area contributed by atoms with E-state index in [4.69, 9.17) is 23.4 Å². The van der Waals surface area contributed by atoms with Crippen LogP contribution >= 0.6 is 23.4 Å². The van der Waals surface area contributed by atoms with Crippen LogP contribution in [0.5, 0.6) is 0 Å². The molecule has 0 aromatic heterocycles. The fourth-order valence-corrected chi connectivity index (χ4v) is 1.95.